The lowest BCUT2D eigenvalue weighted by molar-refractivity contribution is -0.142. The predicted molar refractivity (Wildman–Crippen MR) is 110 cm³/mol. The van der Waals surface area contributed by atoms with Gasteiger partial charge in [-0.3, -0.25) is 9.59 Å². The summed E-state index contributed by atoms with van der Waals surface area (Å²) in [5.41, 5.74) is 0.782. The molecule has 3 N–H and O–H groups in total. The molecule has 0 fully saturated rings. The van der Waals surface area contributed by atoms with Crippen molar-refractivity contribution in [2.75, 3.05) is 5.75 Å². The fourth-order valence-corrected chi connectivity index (χ4v) is 4.21. The zero-order chi connectivity index (χ0) is 22.1. The zero-order valence-corrected chi connectivity index (χ0v) is 17.3. The largest absolute Gasteiger partial charge is 0.480 e. The molecule has 9 heteroatoms. The molecule has 2 amide bonds. The van der Waals surface area contributed by atoms with Crippen molar-refractivity contribution in [2.24, 2.45) is 0 Å². The Balaban J connectivity index is 2.08. The van der Waals surface area contributed by atoms with E-state index in [1.807, 2.05) is 6.07 Å². The molecule has 0 aliphatic heterocycles. The van der Waals surface area contributed by atoms with Crippen molar-refractivity contribution in [1.82, 2.24) is 10.6 Å². The summed E-state index contributed by atoms with van der Waals surface area (Å²) in [5, 5.41) is 14.3. The highest BCUT2D eigenvalue weighted by molar-refractivity contribution is 7.91. The lowest BCUT2D eigenvalue weighted by atomic mass is 10.0. The Morgan fingerprint density at radius 1 is 0.900 bits per heavy atom. The van der Waals surface area contributed by atoms with E-state index in [1.54, 1.807) is 42.5 Å². The van der Waals surface area contributed by atoms with Gasteiger partial charge in [-0.2, -0.15) is 0 Å². The molecular weight excluding hydrogens is 408 g/mol. The SMILES string of the molecule is CC(=O)N[C@H](Cc1ccccc1)C(=O)N[C@@H](CCS(=O)(=O)c1ccccc1)C(=O)O. The van der Waals surface area contributed by atoms with Crippen LogP contribution in [0.4, 0.5) is 0 Å². The number of carboxylic acid groups (broad SMARTS) is 1. The van der Waals surface area contributed by atoms with E-state index in [9.17, 15) is 27.9 Å². The summed E-state index contributed by atoms with van der Waals surface area (Å²) in [6.45, 7) is 1.26. The number of benzene rings is 2. The summed E-state index contributed by atoms with van der Waals surface area (Å²) in [6, 6.07) is 14.2. The van der Waals surface area contributed by atoms with Crippen molar-refractivity contribution >= 4 is 27.6 Å². The van der Waals surface area contributed by atoms with Crippen molar-refractivity contribution < 1.29 is 27.9 Å². The Kier molecular flexibility index (Phi) is 8.11. The first kappa shape index (κ1) is 23.1. The number of hydrogen-bond donors (Lipinski definition) is 3. The fourth-order valence-electron chi connectivity index (χ4n) is 2.85. The van der Waals surface area contributed by atoms with Gasteiger partial charge in [0.25, 0.3) is 0 Å². The van der Waals surface area contributed by atoms with Gasteiger partial charge in [0.2, 0.25) is 11.8 Å². The summed E-state index contributed by atoms with van der Waals surface area (Å²) in [5.74, 6) is -2.94. The molecule has 0 aliphatic rings. The normalized spacial score (nSPS) is 13.1. The van der Waals surface area contributed by atoms with E-state index in [0.717, 1.165) is 5.56 Å². The van der Waals surface area contributed by atoms with Gasteiger partial charge in [0.05, 0.1) is 10.6 Å². The lowest BCUT2D eigenvalue weighted by Gasteiger charge is -2.21. The van der Waals surface area contributed by atoms with Crippen LogP contribution in [0.2, 0.25) is 0 Å². The van der Waals surface area contributed by atoms with Crippen molar-refractivity contribution in [3.63, 3.8) is 0 Å². The van der Waals surface area contributed by atoms with Crippen molar-refractivity contribution in [3.05, 3.63) is 66.2 Å². The predicted octanol–water partition coefficient (Wildman–Crippen LogP) is 1.17. The molecule has 0 spiro atoms. The highest BCUT2D eigenvalue weighted by Crippen LogP contribution is 2.12. The van der Waals surface area contributed by atoms with Gasteiger partial charge in [-0.1, -0.05) is 48.5 Å². The van der Waals surface area contributed by atoms with Gasteiger partial charge < -0.3 is 15.7 Å². The number of carbonyl (C=O) groups excluding carboxylic acids is 2. The highest BCUT2D eigenvalue weighted by atomic mass is 32.2. The second kappa shape index (κ2) is 10.5. The first-order valence-corrected chi connectivity index (χ1v) is 11.0. The molecule has 0 unspecified atom stereocenters. The van der Waals surface area contributed by atoms with Gasteiger partial charge in [0, 0.05) is 13.3 Å². The molecule has 2 rings (SSSR count). The third-order valence-electron chi connectivity index (χ3n) is 4.37. The van der Waals surface area contributed by atoms with Crippen LogP contribution in [0.15, 0.2) is 65.6 Å². The highest BCUT2D eigenvalue weighted by Gasteiger charge is 2.28. The van der Waals surface area contributed by atoms with E-state index in [0.29, 0.717) is 0 Å². The van der Waals surface area contributed by atoms with E-state index < -0.39 is 45.5 Å². The minimum Gasteiger partial charge on any atom is -0.480 e. The van der Waals surface area contributed by atoms with Crippen LogP contribution in [-0.2, 0) is 30.6 Å². The second-order valence-corrected chi connectivity index (χ2v) is 8.87. The molecule has 0 bridgehead atoms. The Morgan fingerprint density at radius 2 is 1.47 bits per heavy atom. The van der Waals surface area contributed by atoms with Gasteiger partial charge >= 0.3 is 5.97 Å². The Hall–Kier alpha value is -3.20. The van der Waals surface area contributed by atoms with Crippen LogP contribution in [-0.4, -0.2) is 49.1 Å². The molecule has 2 aromatic rings. The molecule has 160 valence electrons. The number of amides is 2. The van der Waals surface area contributed by atoms with E-state index in [4.69, 9.17) is 0 Å². The number of hydrogen-bond acceptors (Lipinski definition) is 5. The van der Waals surface area contributed by atoms with Crippen molar-refractivity contribution in [2.45, 2.75) is 36.7 Å². The van der Waals surface area contributed by atoms with Crippen LogP contribution >= 0.6 is 0 Å². The van der Waals surface area contributed by atoms with Gasteiger partial charge in [-0.25, -0.2) is 13.2 Å². The van der Waals surface area contributed by atoms with Crippen LogP contribution in [0.3, 0.4) is 0 Å². The summed E-state index contributed by atoms with van der Waals surface area (Å²) in [6.07, 6.45) is -0.142. The number of carboxylic acids is 1. The Morgan fingerprint density at radius 3 is 2.00 bits per heavy atom. The minimum absolute atomic E-state index is 0.0839. The molecule has 0 aliphatic carbocycles. The van der Waals surface area contributed by atoms with E-state index in [1.165, 1.54) is 19.1 Å². The molecule has 0 aromatic heterocycles. The summed E-state index contributed by atoms with van der Waals surface area (Å²) in [4.78, 5) is 35.8. The first-order chi connectivity index (χ1) is 14.2. The number of sulfone groups is 1. The third kappa shape index (κ3) is 7.00. The van der Waals surface area contributed by atoms with Crippen molar-refractivity contribution in [1.29, 1.82) is 0 Å². The molecule has 0 saturated carbocycles. The fraction of sp³-hybridized carbons (Fsp3) is 0.286. The average Bonchev–Trinajstić information content (AvgIpc) is 2.71. The zero-order valence-electron chi connectivity index (χ0n) is 16.4. The monoisotopic (exact) mass is 432 g/mol. The Bertz CT molecular complexity index is 977. The summed E-state index contributed by atoms with van der Waals surface area (Å²) >= 11 is 0. The number of nitrogens with one attached hydrogen (secondary N) is 2. The third-order valence-corrected chi connectivity index (χ3v) is 6.13. The lowest BCUT2D eigenvalue weighted by Crippen LogP contribution is -2.52. The summed E-state index contributed by atoms with van der Waals surface area (Å²) < 4.78 is 24.8. The first-order valence-electron chi connectivity index (χ1n) is 9.31. The van der Waals surface area contributed by atoms with Crippen LogP contribution in [0.1, 0.15) is 18.9 Å². The van der Waals surface area contributed by atoms with Crippen molar-refractivity contribution in [3.8, 4) is 0 Å². The number of carbonyl (C=O) groups is 3. The summed E-state index contributed by atoms with van der Waals surface area (Å²) in [7, 11) is -3.70. The van der Waals surface area contributed by atoms with Gasteiger partial charge in [0.15, 0.2) is 9.84 Å². The molecule has 30 heavy (non-hydrogen) atoms. The molecule has 8 nitrogen and oxygen atoms in total. The second-order valence-electron chi connectivity index (χ2n) is 6.76. The topological polar surface area (TPSA) is 130 Å². The standard InChI is InChI=1S/C21H24N2O6S/c1-15(24)22-19(14-16-8-4-2-5-9-16)20(25)23-18(21(26)27)12-13-30(28,29)17-10-6-3-7-11-17/h2-11,18-19H,12-14H2,1H3,(H,22,24)(H,23,25)(H,26,27)/t18-,19+/m0/s1. The molecule has 0 heterocycles. The molecule has 0 radical (unpaired) electrons. The minimum atomic E-state index is -3.70. The Labute approximate surface area is 175 Å². The van der Waals surface area contributed by atoms with E-state index >= 15 is 0 Å². The quantitative estimate of drug-likeness (QED) is 0.517. The maximum atomic E-state index is 12.7. The maximum absolute atomic E-state index is 12.7. The van der Waals surface area contributed by atoms with Crippen LogP contribution in [0.5, 0.6) is 0 Å². The van der Waals surface area contributed by atoms with Crippen LogP contribution in [0.25, 0.3) is 0 Å². The molecular formula is C21H24N2O6S. The number of aliphatic carboxylic acids is 1. The smallest absolute Gasteiger partial charge is 0.326 e. The molecule has 2 atom stereocenters. The van der Waals surface area contributed by atoms with Gasteiger partial charge in [-0.15, -0.1) is 0 Å². The van der Waals surface area contributed by atoms with Crippen LogP contribution < -0.4 is 10.6 Å². The van der Waals surface area contributed by atoms with Gasteiger partial charge in [-0.05, 0) is 24.1 Å². The van der Waals surface area contributed by atoms with E-state index in [-0.39, 0.29) is 17.7 Å². The molecule has 2 aromatic carbocycles. The average molecular weight is 432 g/mol. The van der Waals surface area contributed by atoms with E-state index in [2.05, 4.69) is 10.6 Å². The van der Waals surface area contributed by atoms with Crippen LogP contribution in [0, 0.1) is 0 Å². The maximum Gasteiger partial charge on any atom is 0.326 e. The van der Waals surface area contributed by atoms with Gasteiger partial charge in [0.1, 0.15) is 12.1 Å². The number of rotatable bonds is 10. The molecule has 0 saturated heterocycles.